The van der Waals surface area contributed by atoms with E-state index in [-0.39, 0.29) is 0 Å². The Balaban J connectivity index is 2.50. The predicted molar refractivity (Wildman–Crippen MR) is 80.1 cm³/mol. The summed E-state index contributed by atoms with van der Waals surface area (Å²) in [5, 5.41) is 9.51. The molecule has 0 heterocycles. The topological polar surface area (TPSA) is 83.6 Å². The monoisotopic (exact) mass is 284 g/mol. The second kappa shape index (κ2) is 6.09. The van der Waals surface area contributed by atoms with E-state index in [0.29, 0.717) is 11.3 Å². The van der Waals surface area contributed by atoms with E-state index >= 15 is 0 Å². The minimum Gasteiger partial charge on any atom is -0.479 e. The van der Waals surface area contributed by atoms with Gasteiger partial charge in [0.2, 0.25) is 0 Å². The summed E-state index contributed by atoms with van der Waals surface area (Å²) in [6.45, 7) is 1.91. The largest absolute Gasteiger partial charge is 0.479 e. The molecule has 0 aliphatic carbocycles. The minimum atomic E-state index is -1.16. The SMILES string of the molecule is Cc1ccc(N(C(N)=O)C(C(=O)O)c2ccccc2)cc1. The van der Waals surface area contributed by atoms with Gasteiger partial charge in [-0.25, -0.2) is 9.59 Å². The predicted octanol–water partition coefficient (Wildman–Crippen LogP) is 2.71. The molecule has 2 aromatic rings. The number of rotatable bonds is 4. The molecule has 2 aromatic carbocycles. The van der Waals surface area contributed by atoms with Crippen LogP contribution in [-0.4, -0.2) is 17.1 Å². The maximum Gasteiger partial charge on any atom is 0.331 e. The van der Waals surface area contributed by atoms with Crippen molar-refractivity contribution in [3.63, 3.8) is 0 Å². The van der Waals surface area contributed by atoms with Crippen LogP contribution < -0.4 is 10.6 Å². The average Bonchev–Trinajstić information content (AvgIpc) is 2.46. The Bertz CT molecular complexity index is 638. The van der Waals surface area contributed by atoms with Crippen molar-refractivity contribution in [3.8, 4) is 0 Å². The lowest BCUT2D eigenvalue weighted by Crippen LogP contribution is -2.42. The van der Waals surface area contributed by atoms with Crippen LogP contribution in [0.15, 0.2) is 54.6 Å². The number of nitrogens with zero attached hydrogens (tertiary/aromatic N) is 1. The molecule has 21 heavy (non-hydrogen) atoms. The lowest BCUT2D eigenvalue weighted by atomic mass is 10.0. The quantitative estimate of drug-likeness (QED) is 0.905. The maximum absolute atomic E-state index is 11.8. The fraction of sp³-hybridized carbons (Fsp3) is 0.125. The minimum absolute atomic E-state index is 0.448. The highest BCUT2D eigenvalue weighted by Gasteiger charge is 2.31. The van der Waals surface area contributed by atoms with Crippen molar-refractivity contribution in [1.82, 2.24) is 0 Å². The first kappa shape index (κ1) is 14.6. The van der Waals surface area contributed by atoms with E-state index in [1.165, 1.54) is 0 Å². The molecular formula is C16H16N2O3. The van der Waals surface area contributed by atoms with Crippen molar-refractivity contribution in [2.45, 2.75) is 13.0 Å². The van der Waals surface area contributed by atoms with Gasteiger partial charge in [-0.05, 0) is 24.6 Å². The first-order chi connectivity index (χ1) is 10.0. The van der Waals surface area contributed by atoms with E-state index in [1.807, 2.05) is 6.92 Å². The van der Waals surface area contributed by atoms with Gasteiger partial charge in [-0.1, -0.05) is 48.0 Å². The van der Waals surface area contributed by atoms with Crippen LogP contribution in [0.4, 0.5) is 10.5 Å². The summed E-state index contributed by atoms with van der Waals surface area (Å²) >= 11 is 0. The Morgan fingerprint density at radius 3 is 2.10 bits per heavy atom. The summed E-state index contributed by atoms with van der Waals surface area (Å²) in [6.07, 6.45) is 0. The third-order valence-electron chi connectivity index (χ3n) is 3.16. The number of anilines is 1. The molecule has 1 atom stereocenters. The number of carbonyl (C=O) groups excluding carboxylic acids is 1. The number of carboxylic acid groups (broad SMARTS) is 1. The zero-order chi connectivity index (χ0) is 15.4. The summed E-state index contributed by atoms with van der Waals surface area (Å²) in [6, 6.07) is 13.5. The van der Waals surface area contributed by atoms with E-state index < -0.39 is 18.0 Å². The highest BCUT2D eigenvalue weighted by atomic mass is 16.4. The van der Waals surface area contributed by atoms with E-state index in [0.717, 1.165) is 10.5 Å². The Kier molecular flexibility index (Phi) is 4.23. The number of amides is 2. The second-order valence-electron chi connectivity index (χ2n) is 4.70. The van der Waals surface area contributed by atoms with Gasteiger partial charge in [-0.3, -0.25) is 4.90 Å². The van der Waals surface area contributed by atoms with Crippen LogP contribution in [0.5, 0.6) is 0 Å². The summed E-state index contributed by atoms with van der Waals surface area (Å²) in [7, 11) is 0. The fourth-order valence-corrected chi connectivity index (χ4v) is 2.15. The molecule has 0 spiro atoms. The second-order valence-corrected chi connectivity index (χ2v) is 4.70. The molecule has 2 amide bonds. The molecule has 108 valence electrons. The molecule has 0 aliphatic rings. The Labute approximate surface area is 122 Å². The summed E-state index contributed by atoms with van der Waals surface area (Å²) in [4.78, 5) is 24.5. The number of primary amides is 1. The van der Waals surface area contributed by atoms with Gasteiger partial charge in [0.1, 0.15) is 0 Å². The van der Waals surface area contributed by atoms with Gasteiger partial charge in [0.15, 0.2) is 6.04 Å². The zero-order valence-electron chi connectivity index (χ0n) is 11.6. The molecule has 0 radical (unpaired) electrons. The molecule has 5 heteroatoms. The van der Waals surface area contributed by atoms with Gasteiger partial charge in [-0.2, -0.15) is 0 Å². The standard InChI is InChI=1S/C16H16N2O3/c1-11-7-9-13(10-8-11)18(16(17)21)14(15(19)20)12-5-3-2-4-6-12/h2-10,14H,1H3,(H2,17,21)(H,19,20). The lowest BCUT2D eigenvalue weighted by Gasteiger charge is -2.27. The maximum atomic E-state index is 11.8. The molecule has 0 fully saturated rings. The highest BCUT2D eigenvalue weighted by molar-refractivity contribution is 5.97. The Morgan fingerprint density at radius 2 is 1.62 bits per heavy atom. The van der Waals surface area contributed by atoms with Crippen LogP contribution in [0.3, 0.4) is 0 Å². The number of nitrogens with two attached hydrogens (primary N) is 1. The first-order valence-corrected chi connectivity index (χ1v) is 6.44. The van der Waals surface area contributed by atoms with Crippen molar-refractivity contribution >= 4 is 17.7 Å². The van der Waals surface area contributed by atoms with E-state index in [2.05, 4.69) is 0 Å². The number of carbonyl (C=O) groups is 2. The normalized spacial score (nSPS) is 11.7. The van der Waals surface area contributed by atoms with Crippen molar-refractivity contribution in [2.24, 2.45) is 5.73 Å². The number of hydrogen-bond acceptors (Lipinski definition) is 2. The third-order valence-corrected chi connectivity index (χ3v) is 3.16. The molecule has 5 nitrogen and oxygen atoms in total. The molecule has 0 saturated carbocycles. The van der Waals surface area contributed by atoms with Gasteiger partial charge >= 0.3 is 12.0 Å². The number of urea groups is 1. The smallest absolute Gasteiger partial charge is 0.331 e. The Hall–Kier alpha value is -2.82. The van der Waals surface area contributed by atoms with Crippen LogP contribution in [-0.2, 0) is 4.79 Å². The van der Waals surface area contributed by atoms with Crippen LogP contribution in [0.2, 0.25) is 0 Å². The molecule has 1 unspecified atom stereocenters. The molecule has 0 bridgehead atoms. The number of carboxylic acids is 1. The van der Waals surface area contributed by atoms with Gasteiger partial charge < -0.3 is 10.8 Å². The van der Waals surface area contributed by atoms with Crippen molar-refractivity contribution < 1.29 is 14.7 Å². The zero-order valence-corrected chi connectivity index (χ0v) is 11.6. The van der Waals surface area contributed by atoms with Gasteiger partial charge in [0.25, 0.3) is 0 Å². The van der Waals surface area contributed by atoms with Gasteiger partial charge in [-0.15, -0.1) is 0 Å². The van der Waals surface area contributed by atoms with E-state index in [9.17, 15) is 14.7 Å². The van der Waals surface area contributed by atoms with Crippen molar-refractivity contribution in [1.29, 1.82) is 0 Å². The van der Waals surface area contributed by atoms with Gasteiger partial charge in [0, 0.05) is 5.69 Å². The van der Waals surface area contributed by atoms with Crippen LogP contribution in [0, 0.1) is 6.92 Å². The lowest BCUT2D eigenvalue weighted by molar-refractivity contribution is -0.138. The molecule has 0 aromatic heterocycles. The summed E-state index contributed by atoms with van der Waals surface area (Å²) in [5.41, 5.74) is 7.35. The number of aliphatic carboxylic acids is 1. The van der Waals surface area contributed by atoms with Crippen LogP contribution in [0.25, 0.3) is 0 Å². The van der Waals surface area contributed by atoms with Crippen LogP contribution in [0.1, 0.15) is 17.2 Å². The third kappa shape index (κ3) is 3.20. The number of hydrogen-bond donors (Lipinski definition) is 2. The summed E-state index contributed by atoms with van der Waals surface area (Å²) < 4.78 is 0. The first-order valence-electron chi connectivity index (χ1n) is 6.44. The van der Waals surface area contributed by atoms with Crippen molar-refractivity contribution in [3.05, 3.63) is 65.7 Å². The summed E-state index contributed by atoms with van der Waals surface area (Å²) in [5.74, 6) is -1.14. The number of benzene rings is 2. The number of aryl methyl sites for hydroxylation is 1. The van der Waals surface area contributed by atoms with Crippen molar-refractivity contribution in [2.75, 3.05) is 4.90 Å². The van der Waals surface area contributed by atoms with E-state index in [4.69, 9.17) is 5.73 Å². The van der Waals surface area contributed by atoms with Gasteiger partial charge in [0.05, 0.1) is 0 Å². The average molecular weight is 284 g/mol. The Morgan fingerprint density at radius 1 is 1.05 bits per heavy atom. The molecule has 0 aliphatic heterocycles. The highest BCUT2D eigenvalue weighted by Crippen LogP contribution is 2.27. The van der Waals surface area contributed by atoms with E-state index in [1.54, 1.807) is 54.6 Å². The fourth-order valence-electron chi connectivity index (χ4n) is 2.15. The van der Waals surface area contributed by atoms with Crippen LogP contribution >= 0.6 is 0 Å². The molecule has 3 N–H and O–H groups in total. The molecular weight excluding hydrogens is 268 g/mol. The molecule has 0 saturated heterocycles. The molecule has 2 rings (SSSR count).